The van der Waals surface area contributed by atoms with Crippen LogP contribution in [0.1, 0.15) is 43.9 Å². The summed E-state index contributed by atoms with van der Waals surface area (Å²) in [6, 6.07) is 8.72. The fourth-order valence-corrected chi connectivity index (χ4v) is 4.46. The Bertz CT molecular complexity index is 536. The molecule has 4 nitrogen and oxygen atoms in total. The zero-order valence-electron chi connectivity index (χ0n) is 15.4. The first-order chi connectivity index (χ1) is 11.6. The maximum atomic E-state index is 5.55. The molecule has 1 aromatic rings. The minimum atomic E-state index is 0.224. The predicted molar refractivity (Wildman–Crippen MR) is 105 cm³/mol. The molecule has 1 aliphatic rings. The smallest absolute Gasteiger partial charge is 0.191 e. The van der Waals surface area contributed by atoms with Crippen LogP contribution in [0.5, 0.6) is 0 Å². The van der Waals surface area contributed by atoms with Crippen molar-refractivity contribution in [2.75, 3.05) is 32.6 Å². The van der Waals surface area contributed by atoms with Crippen LogP contribution >= 0.6 is 11.8 Å². The van der Waals surface area contributed by atoms with Crippen LogP contribution in [0.15, 0.2) is 29.3 Å². The van der Waals surface area contributed by atoms with Crippen molar-refractivity contribution in [3.63, 3.8) is 0 Å². The van der Waals surface area contributed by atoms with Gasteiger partial charge >= 0.3 is 0 Å². The van der Waals surface area contributed by atoms with Crippen LogP contribution in [0.3, 0.4) is 0 Å². The topological polar surface area (TPSA) is 45.7 Å². The molecule has 2 N–H and O–H groups in total. The van der Waals surface area contributed by atoms with Gasteiger partial charge in [-0.1, -0.05) is 31.2 Å². The van der Waals surface area contributed by atoms with Gasteiger partial charge in [-0.3, -0.25) is 4.99 Å². The first-order valence-corrected chi connectivity index (χ1v) is 9.83. The van der Waals surface area contributed by atoms with E-state index in [9.17, 15) is 0 Å². The van der Waals surface area contributed by atoms with Crippen molar-refractivity contribution in [1.29, 1.82) is 0 Å². The number of ether oxygens (including phenoxy) is 1. The van der Waals surface area contributed by atoms with Crippen LogP contribution in [0, 0.1) is 6.92 Å². The number of benzene rings is 1. The van der Waals surface area contributed by atoms with Crippen LogP contribution in [-0.4, -0.2) is 43.3 Å². The molecule has 1 aliphatic heterocycles. The molecule has 24 heavy (non-hydrogen) atoms. The number of rotatable bonds is 6. The third-order valence-electron chi connectivity index (χ3n) is 4.66. The van der Waals surface area contributed by atoms with Crippen LogP contribution in [0.4, 0.5) is 0 Å². The Balaban J connectivity index is 1.95. The molecule has 1 fully saturated rings. The molecule has 134 valence electrons. The van der Waals surface area contributed by atoms with Gasteiger partial charge in [0.2, 0.25) is 0 Å². The molecule has 0 bridgehead atoms. The summed E-state index contributed by atoms with van der Waals surface area (Å²) in [5, 5.41) is 7.07. The SMILES string of the molecule is CCSC1(CNC(=NC)NC(C)c2ccccc2C)CCOCC1. The average molecular weight is 350 g/mol. The zero-order chi connectivity index (χ0) is 17.4. The van der Waals surface area contributed by atoms with Crippen molar-refractivity contribution in [3.05, 3.63) is 35.4 Å². The Morgan fingerprint density at radius 2 is 2.04 bits per heavy atom. The summed E-state index contributed by atoms with van der Waals surface area (Å²) < 4.78 is 5.81. The van der Waals surface area contributed by atoms with E-state index in [1.165, 1.54) is 11.1 Å². The minimum absolute atomic E-state index is 0.224. The fraction of sp³-hybridized carbons (Fsp3) is 0.632. The molecule has 1 atom stereocenters. The van der Waals surface area contributed by atoms with E-state index < -0.39 is 0 Å². The highest BCUT2D eigenvalue weighted by Crippen LogP contribution is 2.34. The molecule has 0 aliphatic carbocycles. The lowest BCUT2D eigenvalue weighted by Crippen LogP contribution is -2.48. The number of aliphatic imine (C=N–C) groups is 1. The molecule has 0 saturated carbocycles. The summed E-state index contributed by atoms with van der Waals surface area (Å²) in [6.07, 6.45) is 2.20. The largest absolute Gasteiger partial charge is 0.381 e. The van der Waals surface area contributed by atoms with Gasteiger partial charge in [0.15, 0.2) is 5.96 Å². The first kappa shape index (κ1) is 19.1. The van der Waals surface area contributed by atoms with E-state index in [0.717, 1.165) is 44.3 Å². The monoisotopic (exact) mass is 349 g/mol. The summed E-state index contributed by atoms with van der Waals surface area (Å²) >= 11 is 2.04. The first-order valence-electron chi connectivity index (χ1n) is 8.84. The van der Waals surface area contributed by atoms with Gasteiger partial charge in [0.1, 0.15) is 0 Å². The second-order valence-corrected chi connectivity index (χ2v) is 8.11. The molecule has 5 heteroatoms. The maximum Gasteiger partial charge on any atom is 0.191 e. The van der Waals surface area contributed by atoms with E-state index in [0.29, 0.717) is 0 Å². The van der Waals surface area contributed by atoms with E-state index >= 15 is 0 Å². The second kappa shape index (κ2) is 9.33. The van der Waals surface area contributed by atoms with Crippen molar-refractivity contribution in [2.45, 2.75) is 44.4 Å². The number of nitrogens with one attached hydrogen (secondary N) is 2. The molecule has 0 radical (unpaired) electrons. The number of hydrogen-bond acceptors (Lipinski definition) is 3. The van der Waals surface area contributed by atoms with Gasteiger partial charge in [0, 0.05) is 31.6 Å². The Hall–Kier alpha value is -1.20. The Morgan fingerprint density at radius 3 is 2.67 bits per heavy atom. The van der Waals surface area contributed by atoms with E-state index in [2.05, 4.69) is 60.7 Å². The summed E-state index contributed by atoms with van der Waals surface area (Å²) in [7, 11) is 1.84. The standard InChI is InChI=1S/C19H31N3OS/c1-5-24-19(10-12-23-13-11-19)14-21-18(20-4)22-16(3)17-9-7-6-8-15(17)2/h6-9,16H,5,10-14H2,1-4H3,(H2,20,21,22). The van der Waals surface area contributed by atoms with Crippen molar-refractivity contribution < 1.29 is 4.74 Å². The normalized spacial score (nSPS) is 18.9. The van der Waals surface area contributed by atoms with Crippen molar-refractivity contribution in [3.8, 4) is 0 Å². The van der Waals surface area contributed by atoms with E-state index in [1.807, 2.05) is 18.8 Å². The summed E-state index contributed by atoms with van der Waals surface area (Å²) in [5.41, 5.74) is 2.61. The van der Waals surface area contributed by atoms with E-state index in [1.54, 1.807) is 0 Å². The summed E-state index contributed by atoms with van der Waals surface area (Å²) in [4.78, 5) is 4.41. The second-order valence-electron chi connectivity index (χ2n) is 6.38. The molecule has 1 unspecified atom stereocenters. The van der Waals surface area contributed by atoms with Gasteiger partial charge in [-0.05, 0) is 43.6 Å². The molecule has 1 saturated heterocycles. The van der Waals surface area contributed by atoms with Gasteiger partial charge in [0.25, 0.3) is 0 Å². The lowest BCUT2D eigenvalue weighted by atomic mass is 9.99. The van der Waals surface area contributed by atoms with Crippen LogP contribution < -0.4 is 10.6 Å². The molecule has 1 heterocycles. The number of nitrogens with zero attached hydrogens (tertiary/aromatic N) is 1. The van der Waals surface area contributed by atoms with Gasteiger partial charge in [-0.2, -0.15) is 11.8 Å². The number of guanidine groups is 1. The van der Waals surface area contributed by atoms with Gasteiger partial charge in [-0.15, -0.1) is 0 Å². The van der Waals surface area contributed by atoms with Gasteiger partial charge in [-0.25, -0.2) is 0 Å². The van der Waals surface area contributed by atoms with Crippen molar-refractivity contribution >= 4 is 17.7 Å². The summed E-state index contributed by atoms with van der Waals surface area (Å²) in [6.45, 7) is 9.21. The highest BCUT2D eigenvalue weighted by atomic mass is 32.2. The van der Waals surface area contributed by atoms with E-state index in [-0.39, 0.29) is 10.8 Å². The molecule has 0 amide bonds. The van der Waals surface area contributed by atoms with E-state index in [4.69, 9.17) is 4.74 Å². The molecular formula is C19H31N3OS. The van der Waals surface area contributed by atoms with Gasteiger partial charge < -0.3 is 15.4 Å². The molecule has 2 rings (SSSR count). The van der Waals surface area contributed by atoms with Crippen molar-refractivity contribution in [2.24, 2.45) is 4.99 Å². The van der Waals surface area contributed by atoms with Crippen molar-refractivity contribution in [1.82, 2.24) is 10.6 Å². The lowest BCUT2D eigenvalue weighted by Gasteiger charge is -2.37. The lowest BCUT2D eigenvalue weighted by molar-refractivity contribution is 0.0782. The third-order valence-corrected chi connectivity index (χ3v) is 6.12. The summed E-state index contributed by atoms with van der Waals surface area (Å²) in [5.74, 6) is 2.00. The fourth-order valence-electron chi connectivity index (χ4n) is 3.22. The minimum Gasteiger partial charge on any atom is -0.381 e. The highest BCUT2D eigenvalue weighted by molar-refractivity contribution is 8.00. The van der Waals surface area contributed by atoms with Crippen LogP contribution in [0.25, 0.3) is 0 Å². The molecular weight excluding hydrogens is 318 g/mol. The quantitative estimate of drug-likeness (QED) is 0.609. The number of aryl methyl sites for hydroxylation is 1. The zero-order valence-corrected chi connectivity index (χ0v) is 16.2. The van der Waals surface area contributed by atoms with Crippen LogP contribution in [-0.2, 0) is 4.74 Å². The molecule has 0 aromatic heterocycles. The Kier molecular flexibility index (Phi) is 7.43. The maximum absolute atomic E-state index is 5.55. The molecule has 1 aromatic carbocycles. The predicted octanol–water partition coefficient (Wildman–Crippen LogP) is 3.52. The highest BCUT2D eigenvalue weighted by Gasteiger charge is 2.32. The number of thioether (sulfide) groups is 1. The van der Waals surface area contributed by atoms with Gasteiger partial charge in [0.05, 0.1) is 6.04 Å². The third kappa shape index (κ3) is 5.15. The van der Waals surface area contributed by atoms with Crippen LogP contribution in [0.2, 0.25) is 0 Å². The Morgan fingerprint density at radius 1 is 1.33 bits per heavy atom. The molecule has 0 spiro atoms. The Labute approximate surface area is 150 Å². The average Bonchev–Trinajstić information content (AvgIpc) is 2.60. The number of hydrogen-bond donors (Lipinski definition) is 2.